The summed E-state index contributed by atoms with van der Waals surface area (Å²) < 4.78 is 0. The molecule has 0 atom stereocenters. The van der Waals surface area contributed by atoms with E-state index in [9.17, 15) is 4.79 Å². The minimum absolute atomic E-state index is 0.0727. The lowest BCUT2D eigenvalue weighted by atomic mass is 10.0. The number of hydrogen-bond donors (Lipinski definition) is 0. The van der Waals surface area contributed by atoms with E-state index in [4.69, 9.17) is 0 Å². The van der Waals surface area contributed by atoms with Crippen LogP contribution in [-0.4, -0.2) is 20.8 Å². The van der Waals surface area contributed by atoms with E-state index in [1.54, 1.807) is 0 Å². The van der Waals surface area contributed by atoms with Crippen LogP contribution < -0.4 is 0 Å². The number of rotatable bonds is 2. The fourth-order valence-corrected chi connectivity index (χ4v) is 2.73. The van der Waals surface area contributed by atoms with Crippen molar-refractivity contribution in [1.82, 2.24) is 14.9 Å². The van der Waals surface area contributed by atoms with E-state index in [0.29, 0.717) is 13.1 Å². The Morgan fingerprint density at radius 3 is 2.81 bits per heavy atom. The molecule has 21 heavy (non-hydrogen) atoms. The molecule has 4 heteroatoms. The Balaban J connectivity index is 1.85. The average Bonchev–Trinajstić information content (AvgIpc) is 2.89. The summed E-state index contributed by atoms with van der Waals surface area (Å²) in [5.74, 6) is 0.915. The van der Waals surface area contributed by atoms with Gasteiger partial charge >= 0.3 is 0 Å². The first-order valence-electron chi connectivity index (χ1n) is 7.28. The fraction of sp³-hybridized carbons (Fsp3) is 0.353. The number of aromatic nitrogens is 2. The summed E-state index contributed by atoms with van der Waals surface area (Å²) >= 11 is 0. The van der Waals surface area contributed by atoms with E-state index in [2.05, 4.69) is 9.97 Å². The minimum Gasteiger partial charge on any atom is -0.328 e. The normalized spacial score (nSPS) is 13.4. The highest BCUT2D eigenvalue weighted by atomic mass is 16.2. The van der Waals surface area contributed by atoms with Crippen LogP contribution in [0, 0.1) is 13.8 Å². The first kappa shape index (κ1) is 13.7. The Morgan fingerprint density at radius 2 is 2.10 bits per heavy atom. The molecule has 108 valence electrons. The second kappa shape index (κ2) is 5.28. The van der Waals surface area contributed by atoms with E-state index in [-0.39, 0.29) is 5.91 Å². The average molecular weight is 281 g/mol. The van der Waals surface area contributed by atoms with Gasteiger partial charge in [-0.2, -0.15) is 0 Å². The third-order valence-electron chi connectivity index (χ3n) is 3.92. The molecule has 0 fully saturated rings. The largest absolute Gasteiger partial charge is 0.328 e. The van der Waals surface area contributed by atoms with Gasteiger partial charge in [0.1, 0.15) is 5.82 Å². The van der Waals surface area contributed by atoms with E-state index in [1.165, 1.54) is 5.56 Å². The molecule has 0 spiro atoms. The van der Waals surface area contributed by atoms with Gasteiger partial charge in [-0.05, 0) is 25.5 Å². The molecule has 3 rings (SSSR count). The SMILES string of the molecule is CCc1ncc2c(n1)CN(C(=O)c1ccc(C)cc1C)C2. The van der Waals surface area contributed by atoms with E-state index >= 15 is 0 Å². The highest BCUT2D eigenvalue weighted by Crippen LogP contribution is 2.23. The zero-order chi connectivity index (χ0) is 15.0. The Kier molecular flexibility index (Phi) is 3.45. The van der Waals surface area contributed by atoms with Gasteiger partial charge in [0.05, 0.1) is 12.2 Å². The molecule has 0 radical (unpaired) electrons. The van der Waals surface area contributed by atoms with Gasteiger partial charge in [0.15, 0.2) is 0 Å². The maximum absolute atomic E-state index is 12.7. The van der Waals surface area contributed by atoms with Gasteiger partial charge in [0.25, 0.3) is 5.91 Å². The highest BCUT2D eigenvalue weighted by molar-refractivity contribution is 5.96. The van der Waals surface area contributed by atoms with Crippen molar-refractivity contribution in [3.8, 4) is 0 Å². The van der Waals surface area contributed by atoms with E-state index in [1.807, 2.05) is 50.1 Å². The molecule has 1 aromatic heterocycles. The molecule has 0 aliphatic carbocycles. The van der Waals surface area contributed by atoms with Crippen LogP contribution in [0.15, 0.2) is 24.4 Å². The predicted octanol–water partition coefficient (Wildman–Crippen LogP) is 2.81. The second-order valence-corrected chi connectivity index (χ2v) is 5.59. The van der Waals surface area contributed by atoms with Gasteiger partial charge in [0, 0.05) is 30.3 Å². The van der Waals surface area contributed by atoms with Crippen molar-refractivity contribution in [1.29, 1.82) is 0 Å². The van der Waals surface area contributed by atoms with Crippen molar-refractivity contribution in [3.63, 3.8) is 0 Å². The number of nitrogens with zero attached hydrogens (tertiary/aromatic N) is 3. The van der Waals surface area contributed by atoms with Crippen molar-refractivity contribution in [2.45, 2.75) is 40.3 Å². The molecule has 1 aliphatic rings. The number of aryl methyl sites for hydroxylation is 3. The summed E-state index contributed by atoms with van der Waals surface area (Å²) in [5, 5.41) is 0. The van der Waals surface area contributed by atoms with Gasteiger partial charge in [-0.15, -0.1) is 0 Å². The lowest BCUT2D eigenvalue weighted by molar-refractivity contribution is 0.0749. The lowest BCUT2D eigenvalue weighted by Crippen LogP contribution is -2.26. The third-order valence-corrected chi connectivity index (χ3v) is 3.92. The predicted molar refractivity (Wildman–Crippen MR) is 80.9 cm³/mol. The van der Waals surface area contributed by atoms with Crippen LogP contribution in [0.3, 0.4) is 0 Å². The summed E-state index contributed by atoms with van der Waals surface area (Å²) in [6, 6.07) is 5.95. The molecule has 1 amide bonds. The van der Waals surface area contributed by atoms with Crippen LogP contribution in [-0.2, 0) is 19.5 Å². The topological polar surface area (TPSA) is 46.1 Å². The van der Waals surface area contributed by atoms with Gasteiger partial charge < -0.3 is 4.90 Å². The Bertz CT molecular complexity index is 709. The zero-order valence-electron chi connectivity index (χ0n) is 12.7. The van der Waals surface area contributed by atoms with Crippen LogP contribution in [0.25, 0.3) is 0 Å². The van der Waals surface area contributed by atoms with Crippen LogP contribution in [0.1, 0.15) is 45.5 Å². The maximum atomic E-state index is 12.7. The number of benzene rings is 1. The van der Waals surface area contributed by atoms with Crippen LogP contribution in [0.5, 0.6) is 0 Å². The fourth-order valence-electron chi connectivity index (χ4n) is 2.73. The smallest absolute Gasteiger partial charge is 0.254 e. The number of fused-ring (bicyclic) bond motifs is 1. The van der Waals surface area contributed by atoms with E-state index < -0.39 is 0 Å². The number of hydrogen-bond acceptors (Lipinski definition) is 3. The molecule has 0 saturated carbocycles. The summed E-state index contributed by atoms with van der Waals surface area (Å²) in [7, 11) is 0. The molecule has 2 heterocycles. The lowest BCUT2D eigenvalue weighted by Gasteiger charge is -2.16. The van der Waals surface area contributed by atoms with Gasteiger partial charge in [-0.25, -0.2) is 9.97 Å². The standard InChI is InChI=1S/C17H19N3O/c1-4-16-18-8-13-9-20(10-15(13)19-16)17(21)14-6-5-11(2)7-12(14)3/h5-8H,4,9-10H2,1-3H3. The zero-order valence-corrected chi connectivity index (χ0v) is 12.7. The third kappa shape index (κ3) is 2.53. The molecule has 1 aromatic carbocycles. The maximum Gasteiger partial charge on any atom is 0.254 e. The quantitative estimate of drug-likeness (QED) is 0.850. The Hall–Kier alpha value is -2.23. The first-order chi connectivity index (χ1) is 10.1. The van der Waals surface area contributed by atoms with Crippen LogP contribution in [0.2, 0.25) is 0 Å². The molecule has 0 saturated heterocycles. The summed E-state index contributed by atoms with van der Waals surface area (Å²) in [5.41, 5.74) is 5.02. The molecule has 0 N–H and O–H groups in total. The van der Waals surface area contributed by atoms with Crippen LogP contribution in [0.4, 0.5) is 0 Å². The van der Waals surface area contributed by atoms with Crippen molar-refractivity contribution < 1.29 is 4.79 Å². The molecule has 0 bridgehead atoms. The Labute approximate surface area is 124 Å². The van der Waals surface area contributed by atoms with Gasteiger partial charge in [-0.1, -0.05) is 24.6 Å². The minimum atomic E-state index is 0.0727. The van der Waals surface area contributed by atoms with Crippen molar-refractivity contribution in [2.75, 3.05) is 0 Å². The number of carbonyl (C=O) groups is 1. The van der Waals surface area contributed by atoms with Gasteiger partial charge in [-0.3, -0.25) is 4.79 Å². The summed E-state index contributed by atoms with van der Waals surface area (Å²) in [4.78, 5) is 23.4. The Morgan fingerprint density at radius 1 is 1.29 bits per heavy atom. The van der Waals surface area contributed by atoms with Gasteiger partial charge in [0.2, 0.25) is 0 Å². The number of amides is 1. The van der Waals surface area contributed by atoms with Crippen molar-refractivity contribution in [3.05, 3.63) is 58.2 Å². The molecule has 0 unspecified atom stereocenters. The molecular formula is C17H19N3O. The highest BCUT2D eigenvalue weighted by Gasteiger charge is 2.26. The monoisotopic (exact) mass is 281 g/mol. The summed E-state index contributed by atoms with van der Waals surface area (Å²) in [6.45, 7) is 7.24. The second-order valence-electron chi connectivity index (χ2n) is 5.59. The summed E-state index contributed by atoms with van der Waals surface area (Å²) in [6.07, 6.45) is 2.68. The molecular weight excluding hydrogens is 262 g/mol. The number of carbonyl (C=O) groups excluding carboxylic acids is 1. The molecule has 4 nitrogen and oxygen atoms in total. The molecule has 2 aromatic rings. The van der Waals surface area contributed by atoms with Crippen molar-refractivity contribution in [2.24, 2.45) is 0 Å². The van der Waals surface area contributed by atoms with Crippen molar-refractivity contribution >= 4 is 5.91 Å². The van der Waals surface area contributed by atoms with Crippen LogP contribution >= 0.6 is 0 Å². The van der Waals surface area contributed by atoms with E-state index in [0.717, 1.165) is 34.6 Å². The molecule has 1 aliphatic heterocycles. The first-order valence-corrected chi connectivity index (χ1v) is 7.28.